The van der Waals surface area contributed by atoms with Gasteiger partial charge in [-0.1, -0.05) is 97.6 Å². The summed E-state index contributed by atoms with van der Waals surface area (Å²) in [7, 11) is 0. The predicted octanol–water partition coefficient (Wildman–Crippen LogP) is 11.8. The molecule has 2 fully saturated rings. The first-order chi connectivity index (χ1) is 25.2. The van der Waals surface area contributed by atoms with Crippen molar-refractivity contribution in [2.75, 3.05) is 0 Å². The van der Waals surface area contributed by atoms with Crippen molar-refractivity contribution in [3.8, 4) is 0 Å². The van der Waals surface area contributed by atoms with Gasteiger partial charge in [0.1, 0.15) is 0 Å². The fourth-order valence-electron chi connectivity index (χ4n) is 12.5. The molecule has 266 valence electrons. The van der Waals surface area contributed by atoms with Gasteiger partial charge >= 0.3 is 0 Å². The van der Waals surface area contributed by atoms with Gasteiger partial charge in [-0.2, -0.15) is 0 Å². The molecule has 2 heteroatoms. The van der Waals surface area contributed by atoms with Gasteiger partial charge in [-0.3, -0.25) is 0 Å². The van der Waals surface area contributed by atoms with Crippen molar-refractivity contribution in [1.29, 1.82) is 0 Å². The van der Waals surface area contributed by atoms with E-state index < -0.39 is 0 Å². The SMILES string of the molecule is CC1C=CC2C3=CC(C4=CC5C6C=CCCC6N(C6=CC(C7CC=CCC7)=CC(C7C=CCCC7)C6)C5CC4)CC=C3N(C3=CC=CCC3)C2C1. The quantitative estimate of drug-likeness (QED) is 0.267. The van der Waals surface area contributed by atoms with Crippen molar-refractivity contribution in [2.45, 2.75) is 121 Å². The van der Waals surface area contributed by atoms with E-state index >= 15 is 0 Å². The second-order valence-corrected chi connectivity index (χ2v) is 17.9. The van der Waals surface area contributed by atoms with Crippen molar-refractivity contribution in [3.05, 3.63) is 131 Å². The van der Waals surface area contributed by atoms with E-state index in [0.29, 0.717) is 65.5 Å². The highest BCUT2D eigenvalue weighted by Gasteiger charge is 2.50. The van der Waals surface area contributed by atoms with E-state index in [2.05, 4.69) is 114 Å². The van der Waals surface area contributed by atoms with Gasteiger partial charge in [0, 0.05) is 58.9 Å². The van der Waals surface area contributed by atoms with Crippen LogP contribution >= 0.6 is 0 Å². The van der Waals surface area contributed by atoms with Crippen molar-refractivity contribution in [3.63, 3.8) is 0 Å². The summed E-state index contributed by atoms with van der Waals surface area (Å²) in [6.45, 7) is 2.41. The minimum Gasteiger partial charge on any atom is -0.368 e. The average Bonchev–Trinajstić information content (AvgIpc) is 3.70. The molecule has 0 spiro atoms. The molecule has 0 aromatic heterocycles. The predicted molar refractivity (Wildman–Crippen MR) is 212 cm³/mol. The Hall–Kier alpha value is -3.26. The molecule has 11 atom stereocenters. The molecule has 0 amide bonds. The van der Waals surface area contributed by atoms with Crippen molar-refractivity contribution < 1.29 is 0 Å². The highest BCUT2D eigenvalue weighted by molar-refractivity contribution is 5.50. The molecule has 2 nitrogen and oxygen atoms in total. The molecule has 0 N–H and O–H groups in total. The Morgan fingerprint density at radius 1 is 0.686 bits per heavy atom. The van der Waals surface area contributed by atoms with E-state index in [1.165, 1.54) is 96.3 Å². The maximum atomic E-state index is 3.06. The van der Waals surface area contributed by atoms with E-state index in [9.17, 15) is 0 Å². The van der Waals surface area contributed by atoms with Crippen LogP contribution in [0.5, 0.6) is 0 Å². The summed E-state index contributed by atoms with van der Waals surface area (Å²) < 4.78 is 0. The van der Waals surface area contributed by atoms with Crippen molar-refractivity contribution in [1.82, 2.24) is 9.80 Å². The van der Waals surface area contributed by atoms with Crippen LogP contribution in [0.25, 0.3) is 0 Å². The van der Waals surface area contributed by atoms with Crippen LogP contribution < -0.4 is 0 Å². The summed E-state index contributed by atoms with van der Waals surface area (Å²) in [5, 5.41) is 0. The highest BCUT2D eigenvalue weighted by atomic mass is 15.2. The third-order valence-corrected chi connectivity index (χ3v) is 14.9. The molecule has 51 heavy (non-hydrogen) atoms. The molecule has 0 aromatic rings. The van der Waals surface area contributed by atoms with Crippen LogP contribution in [0.1, 0.15) is 103 Å². The Kier molecular flexibility index (Phi) is 8.65. The Labute approximate surface area is 308 Å². The molecule has 2 aliphatic heterocycles. The van der Waals surface area contributed by atoms with Crippen LogP contribution in [0, 0.1) is 47.3 Å². The zero-order valence-corrected chi connectivity index (χ0v) is 31.1. The van der Waals surface area contributed by atoms with Crippen LogP contribution in [0.4, 0.5) is 0 Å². The lowest BCUT2D eigenvalue weighted by Gasteiger charge is -2.42. The number of allylic oxidation sites excluding steroid dienone is 18. The topological polar surface area (TPSA) is 6.48 Å². The van der Waals surface area contributed by atoms with Crippen LogP contribution in [0.3, 0.4) is 0 Å². The van der Waals surface area contributed by atoms with Crippen molar-refractivity contribution in [2.24, 2.45) is 47.3 Å². The van der Waals surface area contributed by atoms with E-state index in [0.717, 1.165) is 0 Å². The summed E-state index contributed by atoms with van der Waals surface area (Å²) >= 11 is 0. The maximum absolute atomic E-state index is 3.06. The lowest BCUT2D eigenvalue weighted by atomic mass is 9.73. The first kappa shape index (κ1) is 32.4. The molecule has 0 aromatic carbocycles. The third kappa shape index (κ3) is 5.82. The molecule has 2 heterocycles. The number of hydrogen-bond donors (Lipinski definition) is 0. The minimum absolute atomic E-state index is 0.540. The maximum Gasteiger partial charge on any atom is 0.0448 e. The van der Waals surface area contributed by atoms with E-state index in [1.54, 1.807) is 33.8 Å². The van der Waals surface area contributed by atoms with Crippen molar-refractivity contribution >= 4 is 0 Å². The number of fused-ring (bicyclic) bond motifs is 6. The summed E-state index contributed by atoms with van der Waals surface area (Å²) in [6.07, 6.45) is 60.0. The minimum atomic E-state index is 0.540. The second kappa shape index (κ2) is 13.6. The van der Waals surface area contributed by atoms with Crippen LogP contribution in [-0.4, -0.2) is 27.9 Å². The van der Waals surface area contributed by atoms with Gasteiger partial charge < -0.3 is 9.80 Å². The van der Waals surface area contributed by atoms with Gasteiger partial charge in [0.25, 0.3) is 0 Å². The number of rotatable bonds is 5. The number of hydrogen-bond acceptors (Lipinski definition) is 2. The average molecular weight is 677 g/mol. The molecular formula is C49H60N2. The summed E-state index contributed by atoms with van der Waals surface area (Å²) in [5.74, 6) is 5.13. The Bertz CT molecular complexity index is 1730. The second-order valence-electron chi connectivity index (χ2n) is 17.9. The first-order valence-corrected chi connectivity index (χ1v) is 21.3. The smallest absolute Gasteiger partial charge is 0.0448 e. The largest absolute Gasteiger partial charge is 0.368 e. The number of nitrogens with zero attached hydrogens (tertiary/aromatic N) is 2. The lowest BCUT2D eigenvalue weighted by molar-refractivity contribution is 0.195. The van der Waals surface area contributed by atoms with Gasteiger partial charge in [-0.25, -0.2) is 0 Å². The summed E-state index contributed by atoms with van der Waals surface area (Å²) in [4.78, 5) is 5.85. The fraction of sp³-hybridized carbons (Fsp3) is 0.551. The van der Waals surface area contributed by atoms with Crippen LogP contribution in [-0.2, 0) is 0 Å². The monoisotopic (exact) mass is 676 g/mol. The van der Waals surface area contributed by atoms with Crippen LogP contribution in [0.15, 0.2) is 131 Å². The fourth-order valence-corrected chi connectivity index (χ4v) is 12.5. The molecule has 11 unspecified atom stereocenters. The molecule has 10 rings (SSSR count). The molecule has 2 saturated heterocycles. The number of likely N-dealkylation sites (tertiary alicyclic amines) is 2. The van der Waals surface area contributed by atoms with E-state index in [1.807, 2.05) is 0 Å². The Morgan fingerprint density at radius 3 is 2.47 bits per heavy atom. The van der Waals surface area contributed by atoms with Gasteiger partial charge in [-0.05, 0) is 143 Å². The lowest BCUT2D eigenvalue weighted by Crippen LogP contribution is -2.40. The zero-order chi connectivity index (χ0) is 33.9. The van der Waals surface area contributed by atoms with Gasteiger partial charge in [0.2, 0.25) is 0 Å². The summed E-state index contributed by atoms with van der Waals surface area (Å²) in [5.41, 5.74) is 9.85. The molecule has 10 aliphatic rings. The molecule has 0 bridgehead atoms. The van der Waals surface area contributed by atoms with Gasteiger partial charge in [0.05, 0.1) is 0 Å². The Balaban J connectivity index is 0.957. The highest BCUT2D eigenvalue weighted by Crippen LogP contribution is 2.54. The molecule has 0 radical (unpaired) electrons. The zero-order valence-electron chi connectivity index (χ0n) is 31.1. The van der Waals surface area contributed by atoms with Gasteiger partial charge in [-0.15, -0.1) is 0 Å². The molecular weight excluding hydrogens is 617 g/mol. The van der Waals surface area contributed by atoms with Crippen LogP contribution in [0.2, 0.25) is 0 Å². The summed E-state index contributed by atoms with van der Waals surface area (Å²) in [6, 6.07) is 1.89. The first-order valence-electron chi connectivity index (χ1n) is 21.3. The van der Waals surface area contributed by atoms with E-state index in [-0.39, 0.29) is 0 Å². The van der Waals surface area contributed by atoms with Gasteiger partial charge in [0.15, 0.2) is 0 Å². The third-order valence-electron chi connectivity index (χ3n) is 14.9. The molecule has 8 aliphatic carbocycles. The Morgan fingerprint density at radius 2 is 1.61 bits per heavy atom. The standard InChI is InChI=1S/C49H60N2/c1-33-21-24-43-45-32-37(22-25-47(45)50(49(43)27-33)40-17-9-4-10-18-40)36-23-26-48-44(31-36)42-19-11-12-20-46(42)51(48)41-29-38(34-13-5-2-6-14-34)28-39(30-41)35-15-7-3-8-16-35/h2,4-5,7,9,11,15,17,19,21,24-25,28-29,31-35,37,39,42-44,46,48-49H,3,6,8,10,12-14,16,18,20,22-23,26-27,30H2,1H3. The molecule has 0 saturated carbocycles. The normalized spacial score (nSPS) is 41.1. The van der Waals surface area contributed by atoms with E-state index in [4.69, 9.17) is 0 Å².